The maximum atomic E-state index is 6.11. The van der Waals surface area contributed by atoms with Gasteiger partial charge in [0.1, 0.15) is 0 Å². The number of aromatic nitrogens is 1. The van der Waals surface area contributed by atoms with Crippen LogP contribution in [0.25, 0.3) is 0 Å². The van der Waals surface area contributed by atoms with Crippen LogP contribution in [-0.2, 0) is 18.8 Å². The first-order valence-electron chi connectivity index (χ1n) is 7.04. The van der Waals surface area contributed by atoms with Gasteiger partial charge in [0, 0.05) is 27.9 Å². The molecule has 0 aromatic carbocycles. The third-order valence-corrected chi connectivity index (χ3v) is 4.97. The van der Waals surface area contributed by atoms with Crippen molar-refractivity contribution in [2.75, 3.05) is 13.2 Å². The molecule has 2 fully saturated rings. The molecular weight excluding hydrogens is 337 g/mol. The maximum Gasteiger partial charge on any atom is 0.496 e. The number of hydrogen-bond acceptors (Lipinski definition) is 5. The number of pyridine rings is 1. The van der Waals surface area contributed by atoms with E-state index in [0.29, 0.717) is 13.2 Å². The van der Waals surface area contributed by atoms with E-state index in [1.165, 1.54) is 0 Å². The van der Waals surface area contributed by atoms with Gasteiger partial charge in [-0.2, -0.15) is 0 Å². The van der Waals surface area contributed by atoms with Gasteiger partial charge in [0.15, 0.2) is 6.29 Å². The summed E-state index contributed by atoms with van der Waals surface area (Å²) < 4.78 is 24.3. The van der Waals surface area contributed by atoms with Gasteiger partial charge in [0.2, 0.25) is 0 Å². The summed E-state index contributed by atoms with van der Waals surface area (Å²) in [6, 6.07) is 0. The van der Waals surface area contributed by atoms with Crippen LogP contribution < -0.4 is 5.46 Å². The molecule has 0 atom stereocenters. The molecule has 5 nitrogen and oxygen atoms in total. The molecule has 114 valence electrons. The second-order valence-electron chi connectivity index (χ2n) is 6.29. The molecule has 0 aliphatic carbocycles. The summed E-state index contributed by atoms with van der Waals surface area (Å²) in [5.41, 5.74) is 0.944. The first kappa shape index (κ1) is 15.4. The fourth-order valence-corrected chi connectivity index (χ4v) is 2.93. The lowest BCUT2D eigenvalue weighted by Crippen LogP contribution is -2.41. The van der Waals surface area contributed by atoms with Gasteiger partial charge in [-0.3, -0.25) is 4.98 Å². The smallest absolute Gasteiger partial charge is 0.399 e. The van der Waals surface area contributed by atoms with E-state index in [1.807, 2.05) is 27.7 Å². The highest BCUT2D eigenvalue weighted by Gasteiger charge is 2.53. The van der Waals surface area contributed by atoms with Crippen LogP contribution in [-0.4, -0.2) is 36.5 Å². The minimum absolute atomic E-state index is 0.394. The van der Waals surface area contributed by atoms with E-state index in [2.05, 4.69) is 20.9 Å². The van der Waals surface area contributed by atoms with E-state index in [9.17, 15) is 0 Å². The molecule has 0 bridgehead atoms. The Labute approximate surface area is 133 Å². The van der Waals surface area contributed by atoms with Crippen molar-refractivity contribution in [1.29, 1.82) is 0 Å². The van der Waals surface area contributed by atoms with Crippen molar-refractivity contribution in [2.45, 2.75) is 45.2 Å². The topological polar surface area (TPSA) is 49.8 Å². The predicted octanol–water partition coefficient (Wildman–Crippen LogP) is 2.19. The van der Waals surface area contributed by atoms with E-state index < -0.39 is 24.6 Å². The van der Waals surface area contributed by atoms with Crippen LogP contribution in [0.3, 0.4) is 0 Å². The van der Waals surface area contributed by atoms with Crippen LogP contribution in [0.1, 0.15) is 39.5 Å². The number of hydrogen-bond donors (Lipinski definition) is 0. The second-order valence-corrected chi connectivity index (χ2v) is 7.14. The highest BCUT2D eigenvalue weighted by molar-refractivity contribution is 9.10. The Kier molecular flexibility index (Phi) is 3.91. The molecule has 21 heavy (non-hydrogen) atoms. The highest BCUT2D eigenvalue weighted by Crippen LogP contribution is 2.38. The Morgan fingerprint density at radius 2 is 1.67 bits per heavy atom. The SMILES string of the molecule is CC1(C)OB(c2cncc(Br)c2C2OCCO2)OC1(C)C. The molecule has 0 spiro atoms. The fourth-order valence-electron chi connectivity index (χ4n) is 2.39. The molecule has 7 heteroatoms. The lowest BCUT2D eigenvalue weighted by atomic mass is 9.77. The normalized spacial score (nSPS) is 24.7. The minimum atomic E-state index is -0.484. The van der Waals surface area contributed by atoms with Gasteiger partial charge in [-0.1, -0.05) is 0 Å². The van der Waals surface area contributed by atoms with Crippen LogP contribution in [0.2, 0.25) is 0 Å². The van der Waals surface area contributed by atoms with Crippen LogP contribution in [0.4, 0.5) is 0 Å². The van der Waals surface area contributed by atoms with Crippen molar-refractivity contribution >= 4 is 28.5 Å². The standard InChI is InChI=1S/C14H19BBrNO4/c1-13(2)14(3,4)21-15(20-13)9-7-17-8-10(16)11(9)12-18-5-6-19-12/h7-8,12H,5-6H2,1-4H3. The maximum absolute atomic E-state index is 6.11. The molecule has 1 aromatic heterocycles. The fraction of sp³-hybridized carbons (Fsp3) is 0.643. The number of rotatable bonds is 2. The second kappa shape index (κ2) is 5.31. The molecule has 1 aromatic rings. The molecule has 0 radical (unpaired) electrons. The molecular formula is C14H19BBrNO4. The summed E-state index contributed by atoms with van der Waals surface area (Å²) in [5, 5.41) is 0. The monoisotopic (exact) mass is 355 g/mol. The van der Waals surface area contributed by atoms with Crippen molar-refractivity contribution in [3.05, 3.63) is 22.4 Å². The average molecular weight is 356 g/mol. The Bertz CT molecular complexity index is 530. The molecule has 0 N–H and O–H groups in total. The Hall–Kier alpha value is -0.465. The van der Waals surface area contributed by atoms with Crippen LogP contribution in [0, 0.1) is 0 Å². The summed E-state index contributed by atoms with van der Waals surface area (Å²) in [5.74, 6) is 0. The summed E-state index contributed by atoms with van der Waals surface area (Å²) in [7, 11) is -0.484. The minimum Gasteiger partial charge on any atom is -0.399 e. The van der Waals surface area contributed by atoms with Gasteiger partial charge in [-0.15, -0.1) is 0 Å². The molecule has 2 saturated heterocycles. The molecule has 3 rings (SSSR count). The first-order chi connectivity index (χ1) is 9.82. The van der Waals surface area contributed by atoms with Gasteiger partial charge in [-0.25, -0.2) is 0 Å². The number of ether oxygens (including phenoxy) is 2. The van der Waals surface area contributed by atoms with Crippen molar-refractivity contribution in [2.24, 2.45) is 0 Å². The number of nitrogens with zero attached hydrogens (tertiary/aromatic N) is 1. The summed E-state index contributed by atoms with van der Waals surface area (Å²) in [6.45, 7) is 9.28. The van der Waals surface area contributed by atoms with Crippen LogP contribution >= 0.6 is 15.9 Å². The number of halogens is 1. The van der Waals surface area contributed by atoms with Gasteiger partial charge < -0.3 is 18.8 Å². The third kappa shape index (κ3) is 2.66. The zero-order valence-corrected chi connectivity index (χ0v) is 14.3. The Balaban J connectivity index is 1.98. The Morgan fingerprint density at radius 1 is 1.10 bits per heavy atom. The molecule has 3 heterocycles. The van der Waals surface area contributed by atoms with Crippen molar-refractivity contribution in [3.8, 4) is 0 Å². The zero-order chi connectivity index (χ0) is 15.3. The molecule has 0 saturated carbocycles. The van der Waals surface area contributed by atoms with E-state index >= 15 is 0 Å². The third-order valence-electron chi connectivity index (χ3n) is 4.33. The average Bonchev–Trinajstić information content (AvgIpc) is 2.96. The predicted molar refractivity (Wildman–Crippen MR) is 82.3 cm³/mol. The van der Waals surface area contributed by atoms with Crippen LogP contribution in [0.15, 0.2) is 16.9 Å². The first-order valence-corrected chi connectivity index (χ1v) is 7.83. The van der Waals surface area contributed by atoms with Gasteiger partial charge in [0.05, 0.1) is 24.4 Å². The van der Waals surface area contributed by atoms with E-state index in [4.69, 9.17) is 18.8 Å². The summed E-state index contributed by atoms with van der Waals surface area (Å²) >= 11 is 3.53. The van der Waals surface area contributed by atoms with E-state index in [0.717, 1.165) is 15.5 Å². The van der Waals surface area contributed by atoms with Crippen molar-refractivity contribution in [3.63, 3.8) is 0 Å². The van der Waals surface area contributed by atoms with E-state index in [-0.39, 0.29) is 0 Å². The molecule has 2 aliphatic rings. The van der Waals surface area contributed by atoms with Crippen molar-refractivity contribution < 1.29 is 18.8 Å². The van der Waals surface area contributed by atoms with Crippen LogP contribution in [0.5, 0.6) is 0 Å². The molecule has 0 amide bonds. The van der Waals surface area contributed by atoms with Gasteiger partial charge in [-0.05, 0) is 43.6 Å². The zero-order valence-electron chi connectivity index (χ0n) is 12.7. The summed E-state index contributed by atoms with van der Waals surface area (Å²) in [4.78, 5) is 4.24. The van der Waals surface area contributed by atoms with Crippen molar-refractivity contribution in [1.82, 2.24) is 4.98 Å². The summed E-state index contributed by atoms with van der Waals surface area (Å²) in [6.07, 6.45) is 3.08. The quantitative estimate of drug-likeness (QED) is 0.761. The van der Waals surface area contributed by atoms with Gasteiger partial charge >= 0.3 is 7.12 Å². The van der Waals surface area contributed by atoms with E-state index in [1.54, 1.807) is 12.4 Å². The Morgan fingerprint density at radius 3 is 2.24 bits per heavy atom. The van der Waals surface area contributed by atoms with Gasteiger partial charge in [0.25, 0.3) is 0 Å². The molecule has 0 unspecified atom stereocenters. The lowest BCUT2D eigenvalue weighted by Gasteiger charge is -2.32. The highest BCUT2D eigenvalue weighted by atomic mass is 79.9. The molecule has 2 aliphatic heterocycles. The lowest BCUT2D eigenvalue weighted by molar-refractivity contribution is -0.0441. The largest absolute Gasteiger partial charge is 0.496 e.